The molecule has 7 nitrogen and oxygen atoms in total. The normalized spacial score (nSPS) is 14.2. The van der Waals surface area contributed by atoms with E-state index >= 15 is 0 Å². The van der Waals surface area contributed by atoms with Crippen LogP contribution in [-0.4, -0.2) is 31.6 Å². The third kappa shape index (κ3) is 5.44. The summed E-state index contributed by atoms with van der Waals surface area (Å²) in [5.74, 6) is 1.63. The number of ether oxygens (including phenoxy) is 3. The molecule has 0 saturated heterocycles. The molecule has 0 N–H and O–H groups in total. The summed E-state index contributed by atoms with van der Waals surface area (Å²) in [6.45, 7) is 2.60. The second kappa shape index (κ2) is 11.9. The minimum atomic E-state index is -0.647. The minimum Gasteiger partial charge on any atom is -0.493 e. The van der Waals surface area contributed by atoms with Crippen LogP contribution in [0.3, 0.4) is 0 Å². The Morgan fingerprint density at radius 2 is 1.60 bits per heavy atom. The van der Waals surface area contributed by atoms with Gasteiger partial charge in [-0.3, -0.25) is 9.59 Å². The van der Waals surface area contributed by atoms with Gasteiger partial charge < -0.3 is 23.5 Å². The standard InChI is InChI=1S/C35H30ClNO6/c1-21-17-29-26(19-27(21)36)33(38)31-32(24-10-12-25(13-11-24)42-20-23-7-5-4-6-8-23)37(35(39)34(31)43-29)16-15-22-9-14-28(40-2)30(18-22)41-3/h4-14,17-19,32H,15-16,20H2,1-3H3. The van der Waals surface area contributed by atoms with Crippen molar-refractivity contribution in [3.63, 3.8) is 0 Å². The number of amides is 1. The van der Waals surface area contributed by atoms with Crippen LogP contribution in [-0.2, 0) is 13.0 Å². The molecule has 0 spiro atoms. The van der Waals surface area contributed by atoms with Gasteiger partial charge in [-0.05, 0) is 72.0 Å². The second-order valence-corrected chi connectivity index (χ2v) is 10.9. The Morgan fingerprint density at radius 3 is 2.33 bits per heavy atom. The minimum absolute atomic E-state index is 0.0564. The Hall–Kier alpha value is -4.75. The van der Waals surface area contributed by atoms with Crippen LogP contribution in [0.1, 0.15) is 44.4 Å². The summed E-state index contributed by atoms with van der Waals surface area (Å²) in [5.41, 5.74) is 3.92. The molecule has 43 heavy (non-hydrogen) atoms. The zero-order valence-electron chi connectivity index (χ0n) is 24.1. The Bertz CT molecular complexity index is 1870. The molecule has 1 atom stereocenters. The van der Waals surface area contributed by atoms with Crippen molar-refractivity contribution in [2.45, 2.75) is 26.0 Å². The summed E-state index contributed by atoms with van der Waals surface area (Å²) in [4.78, 5) is 29.6. The Balaban J connectivity index is 1.37. The molecule has 2 heterocycles. The molecule has 1 amide bonds. The number of rotatable bonds is 9. The van der Waals surface area contributed by atoms with E-state index in [0.29, 0.717) is 58.4 Å². The monoisotopic (exact) mass is 595 g/mol. The quantitative estimate of drug-likeness (QED) is 0.180. The molecule has 5 aromatic rings. The maximum Gasteiger partial charge on any atom is 0.290 e. The van der Waals surface area contributed by atoms with Crippen molar-refractivity contribution in [2.75, 3.05) is 20.8 Å². The van der Waals surface area contributed by atoms with Crippen LogP contribution >= 0.6 is 11.6 Å². The fourth-order valence-corrected chi connectivity index (χ4v) is 5.65. The third-order valence-electron chi connectivity index (χ3n) is 7.78. The van der Waals surface area contributed by atoms with Gasteiger partial charge in [-0.2, -0.15) is 0 Å². The first-order chi connectivity index (χ1) is 20.9. The molecule has 0 radical (unpaired) electrons. The van der Waals surface area contributed by atoms with E-state index in [4.69, 9.17) is 30.2 Å². The first-order valence-corrected chi connectivity index (χ1v) is 14.3. The largest absolute Gasteiger partial charge is 0.493 e. The number of benzene rings is 4. The van der Waals surface area contributed by atoms with E-state index in [2.05, 4.69) is 0 Å². The number of carbonyl (C=O) groups is 1. The van der Waals surface area contributed by atoms with Crippen molar-refractivity contribution in [2.24, 2.45) is 0 Å². The van der Waals surface area contributed by atoms with Gasteiger partial charge in [0, 0.05) is 11.6 Å². The number of hydrogen-bond donors (Lipinski definition) is 0. The van der Waals surface area contributed by atoms with Crippen LogP contribution in [0.4, 0.5) is 0 Å². The van der Waals surface area contributed by atoms with E-state index < -0.39 is 6.04 Å². The predicted molar refractivity (Wildman–Crippen MR) is 166 cm³/mol. The maximum absolute atomic E-state index is 14.0. The van der Waals surface area contributed by atoms with E-state index in [9.17, 15) is 9.59 Å². The van der Waals surface area contributed by atoms with Crippen LogP contribution in [0.25, 0.3) is 11.0 Å². The average molecular weight is 596 g/mol. The van der Waals surface area contributed by atoms with Crippen molar-refractivity contribution in [3.8, 4) is 17.2 Å². The molecular formula is C35H30ClNO6. The summed E-state index contributed by atoms with van der Waals surface area (Å²) < 4.78 is 22.9. The molecule has 0 bridgehead atoms. The van der Waals surface area contributed by atoms with Crippen LogP contribution < -0.4 is 19.6 Å². The lowest BCUT2D eigenvalue weighted by molar-refractivity contribution is 0.0730. The van der Waals surface area contributed by atoms with Crippen LogP contribution in [0, 0.1) is 6.92 Å². The molecule has 0 saturated carbocycles. The topological polar surface area (TPSA) is 78.2 Å². The third-order valence-corrected chi connectivity index (χ3v) is 8.19. The van der Waals surface area contributed by atoms with Crippen molar-refractivity contribution in [3.05, 3.63) is 134 Å². The van der Waals surface area contributed by atoms with Crippen molar-refractivity contribution in [1.29, 1.82) is 0 Å². The van der Waals surface area contributed by atoms with Gasteiger partial charge in [0.05, 0.1) is 31.2 Å². The highest BCUT2D eigenvalue weighted by Gasteiger charge is 2.42. The van der Waals surface area contributed by atoms with E-state index in [1.54, 1.807) is 31.3 Å². The molecule has 1 aliphatic rings. The number of aryl methyl sites for hydroxylation is 1. The summed E-state index contributed by atoms with van der Waals surface area (Å²) in [7, 11) is 3.17. The van der Waals surface area contributed by atoms with Crippen molar-refractivity contribution >= 4 is 28.5 Å². The molecule has 4 aromatic carbocycles. The van der Waals surface area contributed by atoms with Crippen LogP contribution in [0.15, 0.2) is 94.1 Å². The van der Waals surface area contributed by atoms with Gasteiger partial charge in [-0.15, -0.1) is 0 Å². The van der Waals surface area contributed by atoms with Gasteiger partial charge in [0.15, 0.2) is 16.9 Å². The molecule has 0 aliphatic carbocycles. The first-order valence-electron chi connectivity index (χ1n) is 13.9. The number of nitrogens with zero attached hydrogens (tertiary/aromatic N) is 1. The lowest BCUT2D eigenvalue weighted by Gasteiger charge is -2.25. The SMILES string of the molecule is COc1ccc(CCN2C(=O)c3oc4cc(C)c(Cl)cc4c(=O)c3C2c2ccc(OCc3ccccc3)cc2)cc1OC. The first kappa shape index (κ1) is 28.4. The van der Waals surface area contributed by atoms with E-state index in [-0.39, 0.29) is 17.1 Å². The van der Waals surface area contributed by atoms with E-state index in [0.717, 1.165) is 22.3 Å². The number of methoxy groups -OCH3 is 2. The summed E-state index contributed by atoms with van der Waals surface area (Å²) in [6.07, 6.45) is 0.521. The molecule has 1 unspecified atom stereocenters. The summed E-state index contributed by atoms with van der Waals surface area (Å²) in [5, 5.41) is 0.808. The molecule has 8 heteroatoms. The molecule has 1 aromatic heterocycles. The Kier molecular flexibility index (Phi) is 7.82. The van der Waals surface area contributed by atoms with Crippen molar-refractivity contribution < 1.29 is 23.4 Å². The van der Waals surface area contributed by atoms with Gasteiger partial charge >= 0.3 is 0 Å². The summed E-state index contributed by atoms with van der Waals surface area (Å²) >= 11 is 6.39. The number of halogens is 1. The highest BCUT2D eigenvalue weighted by Crippen LogP contribution is 2.39. The fraction of sp³-hybridized carbons (Fsp3) is 0.200. The predicted octanol–water partition coefficient (Wildman–Crippen LogP) is 7.14. The molecule has 0 fully saturated rings. The van der Waals surface area contributed by atoms with Gasteiger partial charge in [0.2, 0.25) is 5.76 Å². The highest BCUT2D eigenvalue weighted by molar-refractivity contribution is 6.32. The second-order valence-electron chi connectivity index (χ2n) is 10.5. The molecule has 218 valence electrons. The lowest BCUT2D eigenvalue weighted by atomic mass is 9.98. The Labute approximate surface area is 254 Å². The van der Waals surface area contributed by atoms with E-state index in [1.807, 2.05) is 79.7 Å². The number of hydrogen-bond acceptors (Lipinski definition) is 6. The average Bonchev–Trinajstić information content (AvgIpc) is 3.31. The van der Waals surface area contributed by atoms with Gasteiger partial charge in [-0.1, -0.05) is 60.1 Å². The lowest BCUT2D eigenvalue weighted by Crippen LogP contribution is -2.31. The van der Waals surface area contributed by atoms with E-state index in [1.165, 1.54) is 0 Å². The van der Waals surface area contributed by atoms with Crippen molar-refractivity contribution in [1.82, 2.24) is 4.90 Å². The maximum atomic E-state index is 14.0. The Morgan fingerprint density at radius 1 is 0.860 bits per heavy atom. The zero-order valence-corrected chi connectivity index (χ0v) is 24.8. The van der Waals surface area contributed by atoms with Crippen LogP contribution in [0.5, 0.6) is 17.2 Å². The number of fused-ring (bicyclic) bond motifs is 2. The fourth-order valence-electron chi connectivity index (χ4n) is 5.49. The highest BCUT2D eigenvalue weighted by atomic mass is 35.5. The van der Waals surface area contributed by atoms with Gasteiger partial charge in [-0.25, -0.2) is 0 Å². The van der Waals surface area contributed by atoms with Gasteiger partial charge in [0.1, 0.15) is 17.9 Å². The molecule has 6 rings (SSSR count). The smallest absolute Gasteiger partial charge is 0.290 e. The molecular weight excluding hydrogens is 566 g/mol. The summed E-state index contributed by atoms with van der Waals surface area (Å²) in [6, 6.07) is 25.7. The number of carbonyl (C=O) groups excluding carboxylic acids is 1. The zero-order chi connectivity index (χ0) is 30.1. The molecule has 1 aliphatic heterocycles. The van der Waals surface area contributed by atoms with Crippen LogP contribution in [0.2, 0.25) is 5.02 Å². The van der Waals surface area contributed by atoms with Gasteiger partial charge in [0.25, 0.3) is 5.91 Å².